The normalized spacial score (nSPS) is 18.1. The number of hydrogen-bond acceptors (Lipinski definition) is 4. The number of aromatic amines is 1. The zero-order valence-corrected chi connectivity index (χ0v) is 11.1. The summed E-state index contributed by atoms with van der Waals surface area (Å²) < 4.78 is 7.88. The Bertz CT molecular complexity index is 503. The number of carbonyl (C=O) groups is 1. The van der Waals surface area contributed by atoms with E-state index in [0.717, 1.165) is 31.1 Å². The lowest BCUT2D eigenvalue weighted by Crippen LogP contribution is -2.24. The maximum Gasteiger partial charge on any atom is 0.290 e. The van der Waals surface area contributed by atoms with Crippen molar-refractivity contribution in [2.24, 2.45) is 0 Å². The Balaban J connectivity index is 0.000000452. The van der Waals surface area contributed by atoms with E-state index in [1.54, 1.807) is 12.5 Å². The Hall–Kier alpha value is -2.15. The van der Waals surface area contributed by atoms with Gasteiger partial charge in [0.2, 0.25) is 0 Å². The molecule has 2 aromatic rings. The molecule has 1 saturated heterocycles. The number of nitrogens with zero attached hydrogens (tertiary/aromatic N) is 3. The SMILES string of the molecule is O=CO.c1cn(CC2CCCCO2)c(-c2cnc[nH]2)n1. The Morgan fingerprint density at radius 2 is 2.40 bits per heavy atom. The van der Waals surface area contributed by atoms with Crippen LogP contribution in [0.3, 0.4) is 0 Å². The number of rotatable bonds is 3. The Labute approximate surface area is 116 Å². The van der Waals surface area contributed by atoms with E-state index in [4.69, 9.17) is 14.6 Å². The topological polar surface area (TPSA) is 93.0 Å². The average Bonchev–Trinajstić information content (AvgIpc) is 3.11. The minimum Gasteiger partial charge on any atom is -0.483 e. The molecule has 3 rings (SSSR count). The molecule has 1 aliphatic heterocycles. The Kier molecular flexibility index (Phi) is 5.31. The van der Waals surface area contributed by atoms with Gasteiger partial charge < -0.3 is 19.4 Å². The minimum absolute atomic E-state index is 0.250. The van der Waals surface area contributed by atoms with Crippen LogP contribution in [0.5, 0.6) is 0 Å². The highest BCUT2D eigenvalue weighted by Gasteiger charge is 2.16. The highest BCUT2D eigenvalue weighted by Crippen LogP contribution is 2.18. The zero-order chi connectivity index (χ0) is 14.2. The van der Waals surface area contributed by atoms with E-state index < -0.39 is 0 Å². The number of hydrogen-bond donors (Lipinski definition) is 2. The lowest BCUT2D eigenvalue weighted by Gasteiger charge is -2.23. The summed E-state index contributed by atoms with van der Waals surface area (Å²) in [7, 11) is 0. The minimum atomic E-state index is -0.250. The average molecular weight is 278 g/mol. The summed E-state index contributed by atoms with van der Waals surface area (Å²) in [6.07, 6.45) is 11.2. The number of carboxylic acid groups (broad SMARTS) is 1. The quantitative estimate of drug-likeness (QED) is 0.831. The molecule has 20 heavy (non-hydrogen) atoms. The van der Waals surface area contributed by atoms with Crippen LogP contribution in [0.2, 0.25) is 0 Å². The molecule has 1 fully saturated rings. The first kappa shape index (κ1) is 14.3. The van der Waals surface area contributed by atoms with Crippen molar-refractivity contribution >= 4 is 6.47 Å². The van der Waals surface area contributed by atoms with Gasteiger partial charge in [-0.1, -0.05) is 0 Å². The largest absolute Gasteiger partial charge is 0.483 e. The molecule has 0 saturated carbocycles. The van der Waals surface area contributed by atoms with Crippen LogP contribution < -0.4 is 0 Å². The van der Waals surface area contributed by atoms with Gasteiger partial charge in [-0.25, -0.2) is 9.97 Å². The number of nitrogens with one attached hydrogen (secondary N) is 1. The van der Waals surface area contributed by atoms with Gasteiger partial charge in [0.05, 0.1) is 25.2 Å². The maximum absolute atomic E-state index is 8.36. The van der Waals surface area contributed by atoms with Crippen molar-refractivity contribution in [1.82, 2.24) is 19.5 Å². The molecule has 1 atom stereocenters. The van der Waals surface area contributed by atoms with Crippen LogP contribution in [0.25, 0.3) is 11.5 Å². The van der Waals surface area contributed by atoms with Crippen molar-refractivity contribution in [2.75, 3.05) is 6.61 Å². The van der Waals surface area contributed by atoms with E-state index in [2.05, 4.69) is 19.5 Å². The van der Waals surface area contributed by atoms with Gasteiger partial charge in [0, 0.05) is 19.0 Å². The van der Waals surface area contributed by atoms with Gasteiger partial charge in [-0.2, -0.15) is 0 Å². The molecule has 2 N–H and O–H groups in total. The molecule has 7 nitrogen and oxygen atoms in total. The van der Waals surface area contributed by atoms with Gasteiger partial charge in [-0.15, -0.1) is 0 Å². The maximum atomic E-state index is 8.36. The van der Waals surface area contributed by atoms with E-state index in [9.17, 15) is 0 Å². The van der Waals surface area contributed by atoms with Crippen LogP contribution >= 0.6 is 0 Å². The van der Waals surface area contributed by atoms with E-state index in [1.165, 1.54) is 12.8 Å². The molecule has 7 heteroatoms. The van der Waals surface area contributed by atoms with Crippen LogP contribution in [0.4, 0.5) is 0 Å². The molecule has 0 bridgehead atoms. The summed E-state index contributed by atoms with van der Waals surface area (Å²) >= 11 is 0. The third kappa shape index (κ3) is 3.67. The second-order valence-electron chi connectivity index (χ2n) is 4.46. The number of aromatic nitrogens is 4. The van der Waals surface area contributed by atoms with Crippen LogP contribution in [0.1, 0.15) is 19.3 Å². The molecule has 0 spiro atoms. The van der Waals surface area contributed by atoms with Crippen molar-refractivity contribution in [1.29, 1.82) is 0 Å². The molecule has 2 aromatic heterocycles. The van der Waals surface area contributed by atoms with Crippen LogP contribution in [-0.2, 0) is 16.1 Å². The lowest BCUT2D eigenvalue weighted by atomic mass is 10.1. The molecule has 108 valence electrons. The number of imidazole rings is 2. The third-order valence-electron chi connectivity index (χ3n) is 3.13. The standard InChI is InChI=1S/C12H16N4O.CH2O2/c1-2-6-17-10(3-1)8-16-5-4-14-12(16)11-7-13-9-15-11;2-1-3/h4-5,7,9-10H,1-3,6,8H2,(H,13,15);1H,(H,2,3). The lowest BCUT2D eigenvalue weighted by molar-refractivity contribution is -0.122. The predicted molar refractivity (Wildman–Crippen MR) is 72.1 cm³/mol. The van der Waals surface area contributed by atoms with E-state index >= 15 is 0 Å². The van der Waals surface area contributed by atoms with Crippen molar-refractivity contribution in [2.45, 2.75) is 31.9 Å². The van der Waals surface area contributed by atoms with E-state index in [1.807, 2.05) is 12.4 Å². The summed E-state index contributed by atoms with van der Waals surface area (Å²) in [6, 6.07) is 0. The smallest absolute Gasteiger partial charge is 0.290 e. The second-order valence-corrected chi connectivity index (χ2v) is 4.46. The van der Waals surface area contributed by atoms with Gasteiger partial charge in [-0.05, 0) is 19.3 Å². The monoisotopic (exact) mass is 278 g/mol. The third-order valence-corrected chi connectivity index (χ3v) is 3.13. The zero-order valence-electron chi connectivity index (χ0n) is 11.1. The summed E-state index contributed by atoms with van der Waals surface area (Å²) in [5.74, 6) is 0.927. The molecule has 0 aromatic carbocycles. The number of ether oxygens (including phenoxy) is 1. The summed E-state index contributed by atoms with van der Waals surface area (Å²) in [5.41, 5.74) is 0.950. The van der Waals surface area contributed by atoms with Crippen LogP contribution in [0, 0.1) is 0 Å². The van der Waals surface area contributed by atoms with Gasteiger partial charge in [0.1, 0.15) is 5.69 Å². The highest BCUT2D eigenvalue weighted by molar-refractivity contribution is 5.47. The first-order valence-electron chi connectivity index (χ1n) is 6.54. The summed E-state index contributed by atoms with van der Waals surface area (Å²) in [4.78, 5) is 19.8. The fourth-order valence-electron chi connectivity index (χ4n) is 2.25. The predicted octanol–water partition coefficient (Wildman–Crippen LogP) is 1.54. The van der Waals surface area contributed by atoms with Gasteiger partial charge in [-0.3, -0.25) is 4.79 Å². The van der Waals surface area contributed by atoms with Gasteiger partial charge in [0.15, 0.2) is 5.82 Å². The van der Waals surface area contributed by atoms with E-state index in [0.29, 0.717) is 6.10 Å². The van der Waals surface area contributed by atoms with Crippen molar-refractivity contribution in [3.63, 3.8) is 0 Å². The molecule has 0 amide bonds. The molecule has 3 heterocycles. The molecular formula is C13H18N4O3. The van der Waals surface area contributed by atoms with Crippen LogP contribution in [-0.4, -0.2) is 43.8 Å². The molecule has 1 unspecified atom stereocenters. The van der Waals surface area contributed by atoms with Crippen molar-refractivity contribution < 1.29 is 14.6 Å². The highest BCUT2D eigenvalue weighted by atomic mass is 16.5. The molecule has 0 radical (unpaired) electrons. The molecule has 0 aliphatic carbocycles. The Morgan fingerprint density at radius 1 is 1.55 bits per heavy atom. The first-order valence-corrected chi connectivity index (χ1v) is 6.54. The van der Waals surface area contributed by atoms with Crippen LogP contribution in [0.15, 0.2) is 24.9 Å². The van der Waals surface area contributed by atoms with Crippen molar-refractivity contribution in [3.8, 4) is 11.5 Å². The van der Waals surface area contributed by atoms with Crippen molar-refractivity contribution in [3.05, 3.63) is 24.9 Å². The van der Waals surface area contributed by atoms with Gasteiger partial charge in [0.25, 0.3) is 6.47 Å². The molecule has 1 aliphatic rings. The Morgan fingerprint density at radius 3 is 3.05 bits per heavy atom. The fourth-order valence-corrected chi connectivity index (χ4v) is 2.25. The molecular weight excluding hydrogens is 260 g/mol. The summed E-state index contributed by atoms with van der Waals surface area (Å²) in [6.45, 7) is 1.51. The summed E-state index contributed by atoms with van der Waals surface area (Å²) in [5, 5.41) is 6.89. The second kappa shape index (κ2) is 7.44. The van der Waals surface area contributed by atoms with Gasteiger partial charge >= 0.3 is 0 Å². The number of H-pyrrole nitrogens is 1. The first-order chi connectivity index (χ1) is 9.85. The van der Waals surface area contributed by atoms with E-state index in [-0.39, 0.29) is 6.47 Å². The fraction of sp³-hybridized carbons (Fsp3) is 0.462.